The molecule has 0 aliphatic carbocycles. The van der Waals surface area contributed by atoms with Gasteiger partial charge in [0, 0.05) is 17.4 Å². The summed E-state index contributed by atoms with van der Waals surface area (Å²) in [4.78, 5) is 10.0. The fourth-order valence-electron chi connectivity index (χ4n) is 1.72. The number of nitrogens with two attached hydrogens (primary N) is 2. The van der Waals surface area contributed by atoms with Gasteiger partial charge < -0.3 is 11.1 Å². The highest BCUT2D eigenvalue weighted by molar-refractivity contribution is 7.89. The number of sulfonamides is 1. The van der Waals surface area contributed by atoms with Crippen LogP contribution in [0.5, 0.6) is 0 Å². The Balaban J connectivity index is 2.47. The minimum absolute atomic E-state index is 0.137. The molecule has 5 N–H and O–H groups in total. The third-order valence-electron chi connectivity index (χ3n) is 2.66. The first kappa shape index (κ1) is 14.8. The van der Waals surface area contributed by atoms with Crippen LogP contribution in [-0.4, -0.2) is 13.3 Å². The SMILES string of the molecule is Nc1cccc(Nc2ccc(S(N)(=O)=O)cc2[N+](=O)[O-])c1. The Bertz CT molecular complexity index is 805. The minimum Gasteiger partial charge on any atom is -0.399 e. The fourth-order valence-corrected chi connectivity index (χ4v) is 2.25. The molecule has 2 rings (SSSR count). The standard InChI is InChI=1S/C12H12N4O4S/c13-8-2-1-3-9(6-8)15-11-5-4-10(21(14,19)20)7-12(11)16(17)18/h1-7,15H,13H2,(H2,14,19,20). The normalized spacial score (nSPS) is 11.1. The van der Waals surface area contributed by atoms with Gasteiger partial charge in [0.25, 0.3) is 5.69 Å². The molecule has 0 bridgehead atoms. The van der Waals surface area contributed by atoms with Crippen molar-refractivity contribution in [3.63, 3.8) is 0 Å². The summed E-state index contributed by atoms with van der Waals surface area (Å²) in [5.74, 6) is 0. The van der Waals surface area contributed by atoms with Crippen LogP contribution < -0.4 is 16.2 Å². The summed E-state index contributed by atoms with van der Waals surface area (Å²) >= 11 is 0. The summed E-state index contributed by atoms with van der Waals surface area (Å²) < 4.78 is 22.5. The van der Waals surface area contributed by atoms with E-state index in [1.165, 1.54) is 12.1 Å². The lowest BCUT2D eigenvalue weighted by molar-refractivity contribution is -0.384. The van der Waals surface area contributed by atoms with Crippen LogP contribution in [0.1, 0.15) is 0 Å². The molecule has 2 aromatic rings. The molecule has 0 aliphatic rings. The van der Waals surface area contributed by atoms with Crippen molar-refractivity contribution in [1.29, 1.82) is 0 Å². The number of nitrogen functional groups attached to an aromatic ring is 1. The summed E-state index contributed by atoms with van der Waals surface area (Å²) in [5.41, 5.74) is 6.39. The lowest BCUT2D eigenvalue weighted by Gasteiger charge is -2.08. The number of nitrogens with one attached hydrogen (secondary N) is 1. The van der Waals surface area contributed by atoms with E-state index in [2.05, 4.69) is 5.32 Å². The number of hydrogen-bond donors (Lipinski definition) is 3. The van der Waals surface area contributed by atoms with Crippen molar-refractivity contribution in [2.45, 2.75) is 4.90 Å². The maximum Gasteiger partial charge on any atom is 0.294 e. The number of benzene rings is 2. The second kappa shape index (κ2) is 5.38. The first-order valence-electron chi connectivity index (χ1n) is 5.71. The van der Waals surface area contributed by atoms with Gasteiger partial charge in [0.1, 0.15) is 5.69 Å². The number of hydrogen-bond acceptors (Lipinski definition) is 6. The summed E-state index contributed by atoms with van der Waals surface area (Å²) in [6.45, 7) is 0. The highest BCUT2D eigenvalue weighted by Gasteiger charge is 2.19. The largest absolute Gasteiger partial charge is 0.399 e. The van der Waals surface area contributed by atoms with Crippen LogP contribution in [0.2, 0.25) is 0 Å². The predicted molar refractivity (Wildman–Crippen MR) is 78.6 cm³/mol. The summed E-state index contributed by atoms with van der Waals surface area (Å²) in [5, 5.41) is 18.8. The Morgan fingerprint density at radius 2 is 1.86 bits per heavy atom. The molecule has 0 heterocycles. The topological polar surface area (TPSA) is 141 Å². The van der Waals surface area contributed by atoms with Crippen molar-refractivity contribution in [1.82, 2.24) is 0 Å². The van der Waals surface area contributed by atoms with Crippen molar-refractivity contribution >= 4 is 32.8 Å². The van der Waals surface area contributed by atoms with Crippen LogP contribution in [0, 0.1) is 10.1 Å². The molecule has 0 atom stereocenters. The van der Waals surface area contributed by atoms with Crippen molar-refractivity contribution in [3.8, 4) is 0 Å². The van der Waals surface area contributed by atoms with Gasteiger partial charge in [-0.2, -0.15) is 0 Å². The number of primary sulfonamides is 1. The second-order valence-electron chi connectivity index (χ2n) is 4.23. The average Bonchev–Trinajstić information content (AvgIpc) is 2.37. The van der Waals surface area contributed by atoms with Crippen LogP contribution >= 0.6 is 0 Å². The van der Waals surface area contributed by atoms with E-state index in [-0.39, 0.29) is 10.6 Å². The van der Waals surface area contributed by atoms with Crippen molar-refractivity contribution < 1.29 is 13.3 Å². The molecule has 0 saturated carbocycles. The van der Waals surface area contributed by atoms with E-state index in [1.807, 2.05) is 0 Å². The molecule has 0 fully saturated rings. The first-order chi connectivity index (χ1) is 9.77. The molecule has 2 aromatic carbocycles. The van der Waals surface area contributed by atoms with E-state index in [0.29, 0.717) is 11.4 Å². The fraction of sp³-hybridized carbons (Fsp3) is 0. The van der Waals surface area contributed by atoms with Crippen LogP contribution in [0.3, 0.4) is 0 Å². The predicted octanol–water partition coefficient (Wildman–Crippen LogP) is 1.57. The molecule has 9 heteroatoms. The molecule has 8 nitrogen and oxygen atoms in total. The number of nitro benzene ring substituents is 1. The third-order valence-corrected chi connectivity index (χ3v) is 3.57. The van der Waals surface area contributed by atoms with Crippen LogP contribution in [0.15, 0.2) is 47.4 Å². The zero-order valence-corrected chi connectivity index (χ0v) is 11.5. The summed E-state index contributed by atoms with van der Waals surface area (Å²) in [6, 6.07) is 10.00. The second-order valence-corrected chi connectivity index (χ2v) is 5.79. The molecular weight excluding hydrogens is 296 g/mol. The number of nitro groups is 1. The molecule has 0 aromatic heterocycles. The Morgan fingerprint density at radius 3 is 2.43 bits per heavy atom. The molecule has 110 valence electrons. The van der Waals surface area contributed by atoms with Crippen LogP contribution in [-0.2, 0) is 10.0 Å². The van der Waals surface area contributed by atoms with Gasteiger partial charge in [-0.1, -0.05) is 6.07 Å². The third kappa shape index (κ3) is 3.46. The molecule has 0 saturated heterocycles. The quantitative estimate of drug-likeness (QED) is 0.444. The Labute approximate surface area is 120 Å². The molecule has 0 amide bonds. The number of rotatable bonds is 4. The monoisotopic (exact) mass is 308 g/mol. The van der Waals surface area contributed by atoms with E-state index in [9.17, 15) is 18.5 Å². The Morgan fingerprint density at radius 1 is 1.14 bits per heavy atom. The van der Waals surface area contributed by atoms with Crippen molar-refractivity contribution in [2.75, 3.05) is 11.1 Å². The van der Waals surface area contributed by atoms with Gasteiger partial charge in [-0.05, 0) is 30.3 Å². The number of nitrogens with zero attached hydrogens (tertiary/aromatic N) is 1. The van der Waals surface area contributed by atoms with Crippen LogP contribution in [0.4, 0.5) is 22.7 Å². The first-order valence-corrected chi connectivity index (χ1v) is 7.26. The highest BCUT2D eigenvalue weighted by Crippen LogP contribution is 2.30. The molecule has 21 heavy (non-hydrogen) atoms. The molecule has 0 radical (unpaired) electrons. The highest BCUT2D eigenvalue weighted by atomic mass is 32.2. The molecular formula is C12H12N4O4S. The van der Waals surface area contributed by atoms with Crippen molar-refractivity contribution in [2.24, 2.45) is 5.14 Å². The van der Waals surface area contributed by atoms with E-state index < -0.39 is 20.6 Å². The van der Waals surface area contributed by atoms with Crippen LogP contribution in [0.25, 0.3) is 0 Å². The van der Waals surface area contributed by atoms with Gasteiger partial charge in [-0.15, -0.1) is 0 Å². The Kier molecular flexibility index (Phi) is 3.78. The van der Waals surface area contributed by atoms with E-state index in [0.717, 1.165) is 6.07 Å². The van der Waals surface area contributed by atoms with E-state index in [1.54, 1.807) is 24.3 Å². The van der Waals surface area contributed by atoms with Gasteiger partial charge in [0.05, 0.1) is 9.82 Å². The maximum atomic E-state index is 11.2. The average molecular weight is 308 g/mol. The van der Waals surface area contributed by atoms with Gasteiger partial charge in [0.2, 0.25) is 10.0 Å². The summed E-state index contributed by atoms with van der Waals surface area (Å²) in [7, 11) is -4.01. The summed E-state index contributed by atoms with van der Waals surface area (Å²) in [6.07, 6.45) is 0. The molecule has 0 aliphatic heterocycles. The molecule has 0 unspecified atom stereocenters. The lowest BCUT2D eigenvalue weighted by atomic mass is 10.2. The lowest BCUT2D eigenvalue weighted by Crippen LogP contribution is -2.12. The van der Waals surface area contributed by atoms with E-state index >= 15 is 0 Å². The van der Waals surface area contributed by atoms with Gasteiger partial charge in [0.15, 0.2) is 0 Å². The smallest absolute Gasteiger partial charge is 0.294 e. The Hall–Kier alpha value is -2.65. The van der Waals surface area contributed by atoms with E-state index in [4.69, 9.17) is 10.9 Å². The molecule has 0 spiro atoms. The zero-order chi connectivity index (χ0) is 15.6. The number of anilines is 3. The maximum absolute atomic E-state index is 11.2. The van der Waals surface area contributed by atoms with Gasteiger partial charge in [-0.25, -0.2) is 13.6 Å². The van der Waals surface area contributed by atoms with Gasteiger partial charge >= 0.3 is 0 Å². The van der Waals surface area contributed by atoms with Crippen molar-refractivity contribution in [3.05, 3.63) is 52.6 Å². The van der Waals surface area contributed by atoms with Gasteiger partial charge in [-0.3, -0.25) is 10.1 Å². The zero-order valence-electron chi connectivity index (χ0n) is 10.7. The minimum atomic E-state index is -4.01.